The van der Waals surface area contributed by atoms with Gasteiger partial charge < -0.3 is 0 Å². The summed E-state index contributed by atoms with van der Waals surface area (Å²) in [5.41, 5.74) is 28.9. The van der Waals surface area contributed by atoms with Crippen molar-refractivity contribution in [3.8, 4) is 135 Å². The lowest BCUT2D eigenvalue weighted by Crippen LogP contribution is -2.28. The first-order chi connectivity index (χ1) is 61.4. The molecule has 24 rings (SSSR count). The number of rotatable bonds is 14. The molecule has 124 heavy (non-hydrogen) atoms. The van der Waals surface area contributed by atoms with E-state index in [0.29, 0.717) is 34.9 Å². The average molecular weight is 1620 g/mol. The molecule has 18 aromatic carbocycles. The third-order valence-corrected chi connectivity index (χ3v) is 27.1. The second-order valence-corrected chi connectivity index (χ2v) is 34.0. The quantitative estimate of drug-likeness (QED) is 0.108. The summed E-state index contributed by atoms with van der Waals surface area (Å²) in [7, 11) is 0. The highest BCUT2D eigenvalue weighted by atomic mass is 32.1. The van der Waals surface area contributed by atoms with Crippen LogP contribution in [0.3, 0.4) is 0 Å². The fourth-order valence-corrected chi connectivity index (χ4v) is 21.5. The van der Waals surface area contributed by atoms with Crippen LogP contribution in [0.4, 0.5) is 0 Å². The van der Waals surface area contributed by atoms with E-state index in [4.69, 9.17) is 29.9 Å². The van der Waals surface area contributed by atoms with Crippen LogP contribution in [0.25, 0.3) is 175 Å². The molecule has 22 aromatic rings. The molecule has 0 amide bonds. The van der Waals surface area contributed by atoms with Gasteiger partial charge in [-0.2, -0.15) is 0 Å². The molecule has 6 nitrogen and oxygen atoms in total. The molecule has 0 saturated carbocycles. The van der Waals surface area contributed by atoms with Gasteiger partial charge in [0.15, 0.2) is 34.9 Å². The molecular formula is C116H74N6S2. The molecule has 0 bridgehead atoms. The van der Waals surface area contributed by atoms with Crippen LogP contribution < -0.4 is 0 Å². The molecule has 8 heteroatoms. The summed E-state index contributed by atoms with van der Waals surface area (Å²) in [6.07, 6.45) is 0. The van der Waals surface area contributed by atoms with E-state index in [0.717, 1.165) is 88.7 Å². The highest BCUT2D eigenvalue weighted by Gasteiger charge is 2.48. The monoisotopic (exact) mass is 1610 g/mol. The van der Waals surface area contributed by atoms with Crippen LogP contribution in [-0.2, 0) is 10.8 Å². The van der Waals surface area contributed by atoms with Crippen molar-refractivity contribution >= 4 is 63.0 Å². The minimum absolute atomic E-state index is 0.507. The van der Waals surface area contributed by atoms with Crippen LogP contribution in [0.5, 0.6) is 0 Å². The number of hydrogen-bond acceptors (Lipinski definition) is 8. The minimum atomic E-state index is -0.507. The summed E-state index contributed by atoms with van der Waals surface area (Å²) in [6.45, 7) is 0. The summed E-state index contributed by atoms with van der Waals surface area (Å²) in [6, 6.07) is 161. The van der Waals surface area contributed by atoms with Gasteiger partial charge in [-0.1, -0.05) is 382 Å². The fourth-order valence-electron chi connectivity index (χ4n) is 19.3. The second kappa shape index (κ2) is 30.9. The van der Waals surface area contributed by atoms with Crippen molar-refractivity contribution in [2.75, 3.05) is 0 Å². The summed E-state index contributed by atoms with van der Waals surface area (Å²) in [5.74, 6) is 3.81. The van der Waals surface area contributed by atoms with Gasteiger partial charge in [0.1, 0.15) is 0 Å². The molecule has 0 spiro atoms. The zero-order chi connectivity index (χ0) is 82.1. The van der Waals surface area contributed by atoms with Crippen LogP contribution in [0.15, 0.2) is 449 Å². The Morgan fingerprint density at radius 2 is 0.411 bits per heavy atom. The van der Waals surface area contributed by atoms with E-state index >= 15 is 0 Å². The highest BCUT2D eigenvalue weighted by molar-refractivity contribution is 7.26. The first-order valence-electron chi connectivity index (χ1n) is 42.0. The zero-order valence-corrected chi connectivity index (χ0v) is 68.9. The van der Waals surface area contributed by atoms with Gasteiger partial charge in [0.25, 0.3) is 0 Å². The maximum Gasteiger partial charge on any atom is 0.164 e. The van der Waals surface area contributed by atoms with Crippen molar-refractivity contribution in [2.45, 2.75) is 10.8 Å². The van der Waals surface area contributed by atoms with Crippen molar-refractivity contribution in [3.05, 3.63) is 493 Å². The molecule has 4 heterocycles. The predicted octanol–water partition coefficient (Wildman–Crippen LogP) is 29.9. The molecule has 2 aliphatic carbocycles. The Morgan fingerprint density at radius 3 is 0.782 bits per heavy atom. The molecule has 0 aliphatic heterocycles. The Morgan fingerprint density at radius 1 is 0.153 bits per heavy atom. The molecule has 2 aliphatic rings. The zero-order valence-electron chi connectivity index (χ0n) is 67.2. The van der Waals surface area contributed by atoms with Gasteiger partial charge in [-0.25, -0.2) is 29.9 Å². The average Bonchev–Trinajstić information content (AvgIpc) is 1.54. The van der Waals surface area contributed by atoms with Crippen molar-refractivity contribution in [1.29, 1.82) is 0 Å². The Hall–Kier alpha value is -15.6. The maximum absolute atomic E-state index is 5.41. The van der Waals surface area contributed by atoms with Crippen LogP contribution in [-0.4, -0.2) is 29.9 Å². The molecule has 0 N–H and O–H groups in total. The SMILES string of the molecule is c1ccc(-c2cc(-c3ccccc3)cc(-c3nc(-c4ccccc4)nc(-c4cccc5sc6ccc(C7(c8ccccc8)c8ccccc8-c8ccccc87)cc6c45)n3)c2)cc1.c1ccc(-c2cccc(-c3nc(-c4cccc(-c5ccccc5)c4)nc(-c4cccc5sc6ccc(C7(c8ccccc8)c8ccccc8-c8ccccc87)cc6c45)n3)c2)cc1. The lowest BCUT2D eigenvalue weighted by molar-refractivity contribution is 0.770. The summed E-state index contributed by atoms with van der Waals surface area (Å²) in [4.78, 5) is 31.9. The lowest BCUT2D eigenvalue weighted by atomic mass is 9.67. The second-order valence-electron chi connectivity index (χ2n) is 31.8. The van der Waals surface area contributed by atoms with Crippen molar-refractivity contribution in [2.24, 2.45) is 0 Å². The van der Waals surface area contributed by atoms with Crippen LogP contribution in [0, 0.1) is 0 Å². The van der Waals surface area contributed by atoms with E-state index in [1.54, 1.807) is 0 Å². The van der Waals surface area contributed by atoms with Crippen LogP contribution >= 0.6 is 22.7 Å². The van der Waals surface area contributed by atoms with E-state index in [2.05, 4.69) is 419 Å². The van der Waals surface area contributed by atoms with E-state index in [9.17, 15) is 0 Å². The molecular weight excluding hydrogens is 1540 g/mol. The number of nitrogens with zero attached hydrogens (tertiary/aromatic N) is 6. The number of hydrogen-bond donors (Lipinski definition) is 0. The number of aromatic nitrogens is 6. The van der Waals surface area contributed by atoms with Gasteiger partial charge in [0.05, 0.1) is 10.8 Å². The number of fused-ring (bicyclic) bond motifs is 12. The van der Waals surface area contributed by atoms with Crippen molar-refractivity contribution in [1.82, 2.24) is 29.9 Å². The van der Waals surface area contributed by atoms with Gasteiger partial charge in [-0.15, -0.1) is 22.7 Å². The van der Waals surface area contributed by atoms with Crippen LogP contribution in [0.1, 0.15) is 44.5 Å². The largest absolute Gasteiger partial charge is 0.208 e. The highest BCUT2D eigenvalue weighted by Crippen LogP contribution is 2.59. The first-order valence-corrected chi connectivity index (χ1v) is 43.7. The van der Waals surface area contributed by atoms with Crippen molar-refractivity contribution in [3.63, 3.8) is 0 Å². The fraction of sp³-hybridized carbons (Fsp3) is 0.0172. The number of thiophene rings is 2. The lowest BCUT2D eigenvalue weighted by Gasteiger charge is -2.34. The Kier molecular flexibility index (Phi) is 18.3. The Labute approximate surface area is 726 Å². The van der Waals surface area contributed by atoms with Gasteiger partial charge in [0.2, 0.25) is 0 Å². The Balaban J connectivity index is 0.000000143. The summed E-state index contributed by atoms with van der Waals surface area (Å²) in [5, 5.41) is 4.68. The van der Waals surface area contributed by atoms with E-state index in [1.165, 1.54) is 96.3 Å². The van der Waals surface area contributed by atoms with Gasteiger partial charge in [-0.3, -0.25) is 0 Å². The minimum Gasteiger partial charge on any atom is -0.208 e. The molecule has 0 unspecified atom stereocenters. The predicted molar refractivity (Wildman–Crippen MR) is 514 cm³/mol. The Bertz CT molecular complexity index is 7340. The first kappa shape index (κ1) is 73.6. The molecule has 580 valence electrons. The third-order valence-electron chi connectivity index (χ3n) is 24.8. The van der Waals surface area contributed by atoms with E-state index in [-0.39, 0.29) is 0 Å². The van der Waals surface area contributed by atoms with Crippen molar-refractivity contribution < 1.29 is 0 Å². The molecule has 0 radical (unpaired) electrons. The van der Waals surface area contributed by atoms with E-state index in [1.807, 2.05) is 53.0 Å². The number of benzene rings is 18. The van der Waals surface area contributed by atoms with Gasteiger partial charge >= 0.3 is 0 Å². The maximum atomic E-state index is 5.41. The smallest absolute Gasteiger partial charge is 0.164 e. The molecule has 4 aromatic heterocycles. The summed E-state index contributed by atoms with van der Waals surface area (Å²) >= 11 is 3.63. The standard InChI is InChI=1S/2C58H37N3S/c1-5-18-38(19-6-1)41-34-42(39-20-7-2-8-21-39)36-43(35-41)56-59-55(40-22-9-3-10-23-40)60-57(61-56)48-28-17-31-53-54(48)49-37-45(32-33-52(49)62-53)58(44-24-11-4-12-25-44)50-29-15-13-26-46(50)47-27-14-16-30-51(47)58;1-4-17-38(18-5-1)40-21-14-23-42(35-40)55-59-56(43-24-15-22-41(36-43)39-19-6-2-7-20-39)61-57(60-55)48-29-16-32-53-54(48)49-37-45(33-34-52(49)62-53)58(44-25-8-3-9-26-44)50-30-12-10-27-46(50)47-28-11-13-31-51(47)58/h2*1-37H. The molecule has 0 atom stereocenters. The molecule has 0 saturated heterocycles. The van der Waals surface area contributed by atoms with Crippen LogP contribution in [0.2, 0.25) is 0 Å². The third kappa shape index (κ3) is 12.6. The van der Waals surface area contributed by atoms with Gasteiger partial charge in [0, 0.05) is 73.7 Å². The topological polar surface area (TPSA) is 77.3 Å². The summed E-state index contributed by atoms with van der Waals surface area (Å²) < 4.78 is 4.83. The normalized spacial score (nSPS) is 12.6. The molecule has 0 fully saturated rings. The van der Waals surface area contributed by atoms with Gasteiger partial charge in [-0.05, 0) is 178 Å². The van der Waals surface area contributed by atoms with E-state index < -0.39 is 10.8 Å².